The smallest absolute Gasteiger partial charge is 0.231 e. The molecule has 0 saturated heterocycles. The van der Waals surface area contributed by atoms with Crippen molar-refractivity contribution in [3.8, 4) is 28.6 Å². The third-order valence-electron chi connectivity index (χ3n) is 4.43. The van der Waals surface area contributed by atoms with Gasteiger partial charge >= 0.3 is 0 Å². The molecular formula is C20H20N4O4S. The second-order valence-corrected chi connectivity index (χ2v) is 7.33. The van der Waals surface area contributed by atoms with Gasteiger partial charge in [0.1, 0.15) is 5.75 Å². The molecule has 0 spiro atoms. The highest BCUT2D eigenvalue weighted by Crippen LogP contribution is 2.34. The summed E-state index contributed by atoms with van der Waals surface area (Å²) in [5, 5.41) is 10.6. The number of aromatic nitrogens is 3. The van der Waals surface area contributed by atoms with Crippen LogP contribution in [0.3, 0.4) is 0 Å². The van der Waals surface area contributed by atoms with E-state index in [1.165, 1.54) is 11.8 Å². The lowest BCUT2D eigenvalue weighted by atomic mass is 10.1. The quantitative estimate of drug-likeness (QED) is 0.575. The number of nitrogens with one attached hydrogen (secondary N) is 2. The summed E-state index contributed by atoms with van der Waals surface area (Å²) >= 11 is 1.27. The van der Waals surface area contributed by atoms with Gasteiger partial charge < -0.3 is 19.5 Å². The Bertz CT molecular complexity index is 1010. The monoisotopic (exact) mass is 412 g/mol. The van der Waals surface area contributed by atoms with E-state index in [0.717, 1.165) is 22.6 Å². The second-order valence-electron chi connectivity index (χ2n) is 6.39. The predicted octanol–water partition coefficient (Wildman–Crippen LogP) is 3.18. The summed E-state index contributed by atoms with van der Waals surface area (Å²) in [6.45, 7) is 2.15. The number of nitrogens with zero attached hydrogens (tertiary/aromatic N) is 2. The standard InChI is InChI=1S/C20H20N4O4S/c1-12(14-5-8-16-17(9-14)28-11-27-16)21-18(25)10-29-20-22-19(23-24-20)13-3-6-15(26-2)7-4-13/h3-9,12H,10-11H2,1-2H3,(H,21,25)(H,22,23,24)/t12-/m1/s1. The number of ether oxygens (including phenoxy) is 3. The minimum absolute atomic E-state index is 0.101. The average molecular weight is 412 g/mol. The van der Waals surface area contributed by atoms with Crippen molar-refractivity contribution >= 4 is 17.7 Å². The molecule has 0 saturated carbocycles. The van der Waals surface area contributed by atoms with Gasteiger partial charge in [0, 0.05) is 5.56 Å². The zero-order chi connectivity index (χ0) is 20.2. The van der Waals surface area contributed by atoms with Gasteiger partial charge in [-0.1, -0.05) is 17.8 Å². The fraction of sp³-hybridized carbons (Fsp3) is 0.250. The summed E-state index contributed by atoms with van der Waals surface area (Å²) in [6, 6.07) is 13.0. The maximum absolute atomic E-state index is 12.3. The molecule has 1 atom stereocenters. The number of carbonyl (C=O) groups excluding carboxylic acids is 1. The van der Waals surface area contributed by atoms with Crippen molar-refractivity contribution in [3.63, 3.8) is 0 Å². The lowest BCUT2D eigenvalue weighted by Gasteiger charge is -2.14. The van der Waals surface area contributed by atoms with E-state index in [0.29, 0.717) is 16.7 Å². The summed E-state index contributed by atoms with van der Waals surface area (Å²) in [6.07, 6.45) is 0. The summed E-state index contributed by atoms with van der Waals surface area (Å²) in [5.41, 5.74) is 1.85. The summed E-state index contributed by atoms with van der Waals surface area (Å²) < 4.78 is 15.8. The molecule has 150 valence electrons. The zero-order valence-corrected chi connectivity index (χ0v) is 16.8. The highest BCUT2D eigenvalue weighted by atomic mass is 32.2. The Morgan fingerprint density at radius 2 is 2.03 bits per heavy atom. The van der Waals surface area contributed by atoms with Crippen LogP contribution >= 0.6 is 11.8 Å². The molecule has 2 aromatic carbocycles. The van der Waals surface area contributed by atoms with Crippen molar-refractivity contribution in [2.45, 2.75) is 18.1 Å². The summed E-state index contributed by atoms with van der Waals surface area (Å²) in [5.74, 6) is 2.95. The van der Waals surface area contributed by atoms with Crippen LogP contribution in [0, 0.1) is 0 Å². The van der Waals surface area contributed by atoms with Crippen LogP contribution in [0.4, 0.5) is 0 Å². The molecule has 1 aliphatic rings. The Balaban J connectivity index is 1.31. The van der Waals surface area contributed by atoms with E-state index in [4.69, 9.17) is 14.2 Å². The number of fused-ring (bicyclic) bond motifs is 1. The zero-order valence-electron chi connectivity index (χ0n) is 16.0. The van der Waals surface area contributed by atoms with Gasteiger partial charge in [-0.25, -0.2) is 4.98 Å². The van der Waals surface area contributed by atoms with Crippen molar-refractivity contribution < 1.29 is 19.0 Å². The first-order valence-electron chi connectivity index (χ1n) is 9.01. The number of hydrogen-bond donors (Lipinski definition) is 2. The Kier molecular flexibility index (Phi) is 5.57. The molecular weight excluding hydrogens is 392 g/mol. The average Bonchev–Trinajstić information content (AvgIpc) is 3.41. The molecule has 0 fully saturated rings. The van der Waals surface area contributed by atoms with E-state index in [1.54, 1.807) is 7.11 Å². The molecule has 1 aliphatic heterocycles. The van der Waals surface area contributed by atoms with Gasteiger partial charge in [0.05, 0.1) is 18.9 Å². The van der Waals surface area contributed by atoms with Crippen molar-refractivity contribution in [1.82, 2.24) is 20.5 Å². The Labute approximate surface area is 172 Å². The molecule has 0 unspecified atom stereocenters. The number of aromatic amines is 1. The van der Waals surface area contributed by atoms with E-state index < -0.39 is 0 Å². The Morgan fingerprint density at radius 3 is 2.83 bits per heavy atom. The van der Waals surface area contributed by atoms with Gasteiger partial charge in [0.25, 0.3) is 0 Å². The summed E-state index contributed by atoms with van der Waals surface area (Å²) in [4.78, 5) is 16.7. The molecule has 1 amide bonds. The number of H-pyrrole nitrogens is 1. The number of benzene rings is 2. The minimum atomic E-state index is -0.153. The first kappa shape index (κ1) is 19.1. The topological polar surface area (TPSA) is 98.4 Å². The van der Waals surface area contributed by atoms with Gasteiger partial charge in [-0.15, -0.1) is 5.10 Å². The molecule has 0 bridgehead atoms. The molecule has 0 aliphatic carbocycles. The van der Waals surface area contributed by atoms with E-state index in [9.17, 15) is 4.79 Å². The van der Waals surface area contributed by atoms with Crippen molar-refractivity contribution in [2.24, 2.45) is 0 Å². The van der Waals surface area contributed by atoms with Crippen LogP contribution in [0.25, 0.3) is 11.4 Å². The van der Waals surface area contributed by atoms with E-state index in [-0.39, 0.29) is 24.5 Å². The van der Waals surface area contributed by atoms with Gasteiger partial charge in [0.2, 0.25) is 17.9 Å². The highest BCUT2D eigenvalue weighted by molar-refractivity contribution is 7.99. The van der Waals surface area contributed by atoms with Crippen LogP contribution in [-0.4, -0.2) is 40.7 Å². The fourth-order valence-electron chi connectivity index (χ4n) is 2.87. The number of methoxy groups -OCH3 is 1. The largest absolute Gasteiger partial charge is 0.497 e. The normalized spacial score (nSPS) is 13.2. The number of rotatable bonds is 7. The molecule has 2 N–H and O–H groups in total. The van der Waals surface area contributed by atoms with Crippen molar-refractivity contribution in [3.05, 3.63) is 48.0 Å². The van der Waals surface area contributed by atoms with E-state index in [2.05, 4.69) is 20.5 Å². The van der Waals surface area contributed by atoms with Gasteiger partial charge in [-0.2, -0.15) is 0 Å². The highest BCUT2D eigenvalue weighted by Gasteiger charge is 2.17. The SMILES string of the molecule is COc1ccc(-c2nc(SCC(=O)N[C@H](C)c3ccc4c(c3)OCO4)n[nH]2)cc1. The molecule has 4 rings (SSSR count). The third kappa shape index (κ3) is 4.45. The Hall–Kier alpha value is -3.20. The summed E-state index contributed by atoms with van der Waals surface area (Å²) in [7, 11) is 1.62. The molecule has 29 heavy (non-hydrogen) atoms. The molecule has 9 heteroatoms. The molecule has 8 nitrogen and oxygen atoms in total. The van der Waals surface area contributed by atoms with Crippen LogP contribution in [0.2, 0.25) is 0 Å². The first-order chi connectivity index (χ1) is 14.1. The van der Waals surface area contributed by atoms with E-state index >= 15 is 0 Å². The first-order valence-corrected chi connectivity index (χ1v) is 9.99. The number of thioether (sulfide) groups is 1. The van der Waals surface area contributed by atoms with Crippen LogP contribution in [0.5, 0.6) is 17.2 Å². The molecule has 2 heterocycles. The Morgan fingerprint density at radius 1 is 1.24 bits per heavy atom. The van der Waals surface area contributed by atoms with Gasteiger partial charge in [0.15, 0.2) is 17.3 Å². The van der Waals surface area contributed by atoms with E-state index in [1.807, 2.05) is 49.4 Å². The third-order valence-corrected chi connectivity index (χ3v) is 5.28. The molecule has 1 aromatic heterocycles. The second kappa shape index (κ2) is 8.44. The van der Waals surface area contributed by atoms with Crippen molar-refractivity contribution in [1.29, 1.82) is 0 Å². The molecule has 3 aromatic rings. The van der Waals surface area contributed by atoms with Crippen LogP contribution in [0.15, 0.2) is 47.6 Å². The van der Waals surface area contributed by atoms with Gasteiger partial charge in [-0.05, 0) is 48.9 Å². The van der Waals surface area contributed by atoms with Crippen LogP contribution in [-0.2, 0) is 4.79 Å². The van der Waals surface area contributed by atoms with Crippen LogP contribution in [0.1, 0.15) is 18.5 Å². The maximum atomic E-state index is 12.3. The fourth-order valence-corrected chi connectivity index (χ4v) is 3.48. The lowest BCUT2D eigenvalue weighted by molar-refractivity contribution is -0.119. The van der Waals surface area contributed by atoms with Crippen molar-refractivity contribution in [2.75, 3.05) is 19.7 Å². The number of carbonyl (C=O) groups is 1. The lowest BCUT2D eigenvalue weighted by Crippen LogP contribution is -2.28. The molecule has 0 radical (unpaired) electrons. The number of hydrogen-bond acceptors (Lipinski definition) is 7. The minimum Gasteiger partial charge on any atom is -0.497 e. The predicted molar refractivity (Wildman–Crippen MR) is 108 cm³/mol. The van der Waals surface area contributed by atoms with Gasteiger partial charge in [-0.3, -0.25) is 9.89 Å². The number of amides is 1. The maximum Gasteiger partial charge on any atom is 0.231 e. The van der Waals surface area contributed by atoms with Crippen LogP contribution < -0.4 is 19.5 Å².